The lowest BCUT2D eigenvalue weighted by atomic mass is 10.0. The number of ether oxygens (including phenoxy) is 1. The summed E-state index contributed by atoms with van der Waals surface area (Å²) in [6, 6.07) is 13.0. The predicted octanol–water partition coefficient (Wildman–Crippen LogP) is 2.81. The first kappa shape index (κ1) is 15.8. The lowest BCUT2D eigenvalue weighted by molar-refractivity contribution is -0.116. The van der Waals surface area contributed by atoms with Gasteiger partial charge in [0.1, 0.15) is 12.4 Å². The molecule has 4 heteroatoms. The van der Waals surface area contributed by atoms with Gasteiger partial charge in [0.05, 0.1) is 0 Å². The zero-order valence-electron chi connectivity index (χ0n) is 13.0. The number of aryl methyl sites for hydroxylation is 2. The number of carbonyl (C=O) groups excluding carboxylic acids is 2. The van der Waals surface area contributed by atoms with Crippen LogP contribution in [0.5, 0.6) is 5.75 Å². The highest BCUT2D eigenvalue weighted by molar-refractivity contribution is 6.43. The van der Waals surface area contributed by atoms with Crippen LogP contribution in [0.15, 0.2) is 42.5 Å². The average molecular weight is 297 g/mol. The van der Waals surface area contributed by atoms with Gasteiger partial charge in [-0.25, -0.2) is 0 Å². The summed E-state index contributed by atoms with van der Waals surface area (Å²) in [6.07, 6.45) is 0. The quantitative estimate of drug-likeness (QED) is 0.682. The van der Waals surface area contributed by atoms with E-state index in [0.29, 0.717) is 11.1 Å². The van der Waals surface area contributed by atoms with E-state index < -0.39 is 11.7 Å². The van der Waals surface area contributed by atoms with Gasteiger partial charge in [0.2, 0.25) is 0 Å². The summed E-state index contributed by atoms with van der Waals surface area (Å²) in [5.41, 5.74) is 3.19. The van der Waals surface area contributed by atoms with Gasteiger partial charge in [-0.3, -0.25) is 9.59 Å². The molecule has 0 radical (unpaired) electrons. The van der Waals surface area contributed by atoms with Gasteiger partial charge < -0.3 is 10.1 Å². The Hall–Kier alpha value is -2.62. The maximum absolute atomic E-state index is 12.1. The SMILES string of the molecule is CNC(=O)C(=O)c1ccccc1COc1cc(C)ccc1C. The molecule has 0 saturated carbocycles. The van der Waals surface area contributed by atoms with Crippen molar-refractivity contribution < 1.29 is 14.3 Å². The fourth-order valence-electron chi connectivity index (χ4n) is 2.12. The molecule has 22 heavy (non-hydrogen) atoms. The van der Waals surface area contributed by atoms with E-state index in [2.05, 4.69) is 5.32 Å². The minimum atomic E-state index is -0.626. The van der Waals surface area contributed by atoms with Crippen LogP contribution in [0.4, 0.5) is 0 Å². The highest BCUT2D eigenvalue weighted by atomic mass is 16.5. The molecule has 0 saturated heterocycles. The standard InChI is InChI=1S/C18H19NO3/c1-12-8-9-13(2)16(10-12)22-11-14-6-4-5-7-15(14)17(20)18(21)19-3/h4-10H,11H2,1-3H3,(H,19,21). The van der Waals surface area contributed by atoms with E-state index in [9.17, 15) is 9.59 Å². The van der Waals surface area contributed by atoms with Crippen LogP contribution in [0.2, 0.25) is 0 Å². The summed E-state index contributed by atoms with van der Waals surface area (Å²) in [7, 11) is 1.44. The Morgan fingerprint density at radius 1 is 1.09 bits per heavy atom. The molecule has 0 aliphatic carbocycles. The second-order valence-corrected chi connectivity index (χ2v) is 5.12. The van der Waals surface area contributed by atoms with Gasteiger partial charge in [-0.15, -0.1) is 0 Å². The number of likely N-dealkylation sites (N-methyl/N-ethyl adjacent to an activating group) is 1. The molecule has 2 rings (SSSR count). The lowest BCUT2D eigenvalue weighted by Gasteiger charge is -2.12. The van der Waals surface area contributed by atoms with Crippen molar-refractivity contribution in [3.63, 3.8) is 0 Å². The topological polar surface area (TPSA) is 55.4 Å². The largest absolute Gasteiger partial charge is 0.489 e. The van der Waals surface area contributed by atoms with Gasteiger partial charge in [-0.1, -0.05) is 36.4 Å². The fraction of sp³-hybridized carbons (Fsp3) is 0.222. The first-order valence-corrected chi connectivity index (χ1v) is 7.07. The Morgan fingerprint density at radius 2 is 1.82 bits per heavy atom. The molecule has 0 spiro atoms. The van der Waals surface area contributed by atoms with E-state index in [-0.39, 0.29) is 6.61 Å². The molecule has 0 aliphatic rings. The van der Waals surface area contributed by atoms with Crippen molar-refractivity contribution in [2.45, 2.75) is 20.5 Å². The molecule has 0 heterocycles. The molecule has 0 fully saturated rings. The smallest absolute Gasteiger partial charge is 0.292 e. The summed E-state index contributed by atoms with van der Waals surface area (Å²) in [5.74, 6) is -0.399. The molecule has 2 aromatic rings. The predicted molar refractivity (Wildman–Crippen MR) is 85.1 cm³/mol. The van der Waals surface area contributed by atoms with Gasteiger partial charge >= 0.3 is 0 Å². The van der Waals surface area contributed by atoms with E-state index in [4.69, 9.17) is 4.74 Å². The van der Waals surface area contributed by atoms with Crippen LogP contribution in [-0.2, 0) is 11.4 Å². The van der Waals surface area contributed by atoms with Crippen molar-refractivity contribution in [3.05, 3.63) is 64.7 Å². The molecule has 2 aromatic carbocycles. The van der Waals surface area contributed by atoms with Crippen LogP contribution < -0.4 is 10.1 Å². The van der Waals surface area contributed by atoms with E-state index in [0.717, 1.165) is 16.9 Å². The third-order valence-corrected chi connectivity index (χ3v) is 3.42. The number of Topliss-reactive ketones (excluding diaryl/α,β-unsaturated/α-hetero) is 1. The maximum atomic E-state index is 12.1. The molecule has 0 bridgehead atoms. The number of amides is 1. The summed E-state index contributed by atoms with van der Waals surface area (Å²) >= 11 is 0. The normalized spacial score (nSPS) is 10.1. The number of hydrogen-bond acceptors (Lipinski definition) is 3. The minimum Gasteiger partial charge on any atom is -0.489 e. The van der Waals surface area contributed by atoms with Crippen LogP contribution in [0.25, 0.3) is 0 Å². The maximum Gasteiger partial charge on any atom is 0.292 e. The van der Waals surface area contributed by atoms with E-state index in [1.54, 1.807) is 18.2 Å². The van der Waals surface area contributed by atoms with Gasteiger partial charge in [0, 0.05) is 18.2 Å². The zero-order valence-corrected chi connectivity index (χ0v) is 13.0. The number of hydrogen-bond donors (Lipinski definition) is 1. The Labute approximate surface area is 130 Å². The second-order valence-electron chi connectivity index (χ2n) is 5.12. The van der Waals surface area contributed by atoms with Crippen molar-refractivity contribution in [3.8, 4) is 5.75 Å². The van der Waals surface area contributed by atoms with Crippen molar-refractivity contribution in [2.75, 3.05) is 7.05 Å². The number of carbonyl (C=O) groups is 2. The zero-order chi connectivity index (χ0) is 16.1. The van der Waals surface area contributed by atoms with Crippen LogP contribution in [0, 0.1) is 13.8 Å². The Kier molecular flexibility index (Phi) is 4.94. The molecule has 0 atom stereocenters. The summed E-state index contributed by atoms with van der Waals surface area (Å²) < 4.78 is 5.82. The van der Waals surface area contributed by atoms with Gasteiger partial charge in [-0.2, -0.15) is 0 Å². The first-order chi connectivity index (χ1) is 10.5. The van der Waals surface area contributed by atoms with E-state index >= 15 is 0 Å². The number of ketones is 1. The van der Waals surface area contributed by atoms with Gasteiger partial charge in [0.25, 0.3) is 11.7 Å². The van der Waals surface area contributed by atoms with Crippen molar-refractivity contribution in [2.24, 2.45) is 0 Å². The first-order valence-electron chi connectivity index (χ1n) is 7.07. The van der Waals surface area contributed by atoms with Crippen LogP contribution >= 0.6 is 0 Å². The monoisotopic (exact) mass is 297 g/mol. The summed E-state index contributed by atoms with van der Waals surface area (Å²) in [5, 5.41) is 2.35. The fourth-order valence-corrected chi connectivity index (χ4v) is 2.12. The molecule has 4 nitrogen and oxygen atoms in total. The molecular formula is C18H19NO3. The highest BCUT2D eigenvalue weighted by Gasteiger charge is 2.18. The molecule has 0 aliphatic heterocycles. The average Bonchev–Trinajstić information content (AvgIpc) is 2.54. The van der Waals surface area contributed by atoms with Crippen molar-refractivity contribution in [1.82, 2.24) is 5.32 Å². The minimum absolute atomic E-state index is 0.239. The van der Waals surface area contributed by atoms with Crippen molar-refractivity contribution >= 4 is 11.7 Å². The van der Waals surface area contributed by atoms with Gasteiger partial charge in [0.15, 0.2) is 0 Å². The Morgan fingerprint density at radius 3 is 2.55 bits per heavy atom. The second kappa shape index (κ2) is 6.89. The molecule has 0 unspecified atom stereocenters. The van der Waals surface area contributed by atoms with Crippen LogP contribution in [-0.4, -0.2) is 18.7 Å². The van der Waals surface area contributed by atoms with Crippen molar-refractivity contribution in [1.29, 1.82) is 0 Å². The molecule has 1 N–H and O–H groups in total. The Bertz CT molecular complexity index is 707. The lowest BCUT2D eigenvalue weighted by Crippen LogP contribution is -2.28. The molecular weight excluding hydrogens is 278 g/mol. The van der Waals surface area contributed by atoms with Gasteiger partial charge in [-0.05, 0) is 31.0 Å². The van der Waals surface area contributed by atoms with E-state index in [1.807, 2.05) is 38.1 Å². The van der Waals surface area contributed by atoms with Crippen LogP contribution in [0.3, 0.4) is 0 Å². The molecule has 1 amide bonds. The number of benzene rings is 2. The van der Waals surface area contributed by atoms with Crippen LogP contribution in [0.1, 0.15) is 27.0 Å². The molecule has 0 aromatic heterocycles. The third kappa shape index (κ3) is 3.52. The highest BCUT2D eigenvalue weighted by Crippen LogP contribution is 2.21. The number of nitrogens with one attached hydrogen (secondary N) is 1. The Balaban J connectivity index is 2.22. The summed E-state index contributed by atoms with van der Waals surface area (Å²) in [6.45, 7) is 4.20. The number of rotatable bonds is 5. The summed E-state index contributed by atoms with van der Waals surface area (Å²) in [4.78, 5) is 23.6. The van der Waals surface area contributed by atoms with E-state index in [1.165, 1.54) is 7.05 Å². The molecule has 114 valence electrons. The third-order valence-electron chi connectivity index (χ3n) is 3.42.